The van der Waals surface area contributed by atoms with Crippen molar-refractivity contribution in [1.82, 2.24) is 14.5 Å². The number of aromatic hydroxyl groups is 2. The van der Waals surface area contributed by atoms with Crippen LogP contribution in [0.1, 0.15) is 16.6 Å². The van der Waals surface area contributed by atoms with Crippen LogP contribution in [0.2, 0.25) is 0 Å². The van der Waals surface area contributed by atoms with Gasteiger partial charge in [-0.25, -0.2) is 14.8 Å². The van der Waals surface area contributed by atoms with Gasteiger partial charge in [-0.15, -0.1) is 0 Å². The monoisotopic (exact) mass is 381 g/mol. The fourth-order valence-electron chi connectivity index (χ4n) is 2.72. The topological polar surface area (TPSA) is 97.5 Å². The minimum atomic E-state index is -0.440. The Hall–Kier alpha value is -3.39. The third-order valence-electron chi connectivity index (χ3n) is 3.97. The van der Waals surface area contributed by atoms with Crippen molar-refractivity contribution in [3.05, 3.63) is 53.7 Å². The molecule has 136 valence electrons. The summed E-state index contributed by atoms with van der Waals surface area (Å²) in [6.07, 6.45) is 1.53. The van der Waals surface area contributed by atoms with Crippen LogP contribution in [0.3, 0.4) is 0 Å². The van der Waals surface area contributed by atoms with Crippen LogP contribution in [0.5, 0.6) is 11.5 Å². The van der Waals surface area contributed by atoms with Crippen LogP contribution in [-0.4, -0.2) is 37.3 Å². The van der Waals surface area contributed by atoms with Crippen LogP contribution in [0.25, 0.3) is 27.4 Å². The molecule has 0 unspecified atom stereocenters. The summed E-state index contributed by atoms with van der Waals surface area (Å²) in [6, 6.07) is 12.2. The van der Waals surface area contributed by atoms with E-state index in [0.717, 1.165) is 5.56 Å². The number of carbonyl (C=O) groups is 1. The molecular weight excluding hydrogens is 366 g/mol. The van der Waals surface area contributed by atoms with Gasteiger partial charge in [0.15, 0.2) is 16.6 Å². The molecule has 27 heavy (non-hydrogen) atoms. The SMILES string of the molecule is CCOC(=O)c1sc(-n2cnc3cc(O)c(O)cc32)nc1-c1ccccc1. The molecule has 0 saturated carbocycles. The van der Waals surface area contributed by atoms with E-state index < -0.39 is 5.97 Å². The molecule has 0 bridgehead atoms. The third-order valence-corrected chi connectivity index (χ3v) is 5.01. The highest BCUT2D eigenvalue weighted by Gasteiger charge is 2.22. The molecule has 0 radical (unpaired) electrons. The summed E-state index contributed by atoms with van der Waals surface area (Å²) in [7, 11) is 0. The Morgan fingerprint density at radius 2 is 1.93 bits per heavy atom. The Labute approximate surface area is 158 Å². The molecule has 0 amide bonds. The first-order valence-electron chi connectivity index (χ1n) is 8.21. The molecule has 2 aromatic carbocycles. The molecule has 0 atom stereocenters. The van der Waals surface area contributed by atoms with Gasteiger partial charge in [0.2, 0.25) is 0 Å². The average Bonchev–Trinajstić information content (AvgIpc) is 3.27. The van der Waals surface area contributed by atoms with E-state index in [0.29, 0.717) is 26.7 Å². The number of hydrogen-bond donors (Lipinski definition) is 2. The van der Waals surface area contributed by atoms with Gasteiger partial charge in [0.05, 0.1) is 23.3 Å². The number of thiazole rings is 1. The number of hydrogen-bond acceptors (Lipinski definition) is 7. The van der Waals surface area contributed by atoms with E-state index in [9.17, 15) is 15.0 Å². The summed E-state index contributed by atoms with van der Waals surface area (Å²) in [4.78, 5) is 21.7. The number of phenolic OH excluding ortho intramolecular Hbond substituents is 2. The first-order chi connectivity index (χ1) is 13.1. The van der Waals surface area contributed by atoms with E-state index in [1.807, 2.05) is 30.3 Å². The molecule has 0 aliphatic heterocycles. The standard InChI is InChI=1S/C19H15N3O4S/c1-2-26-18(25)17-16(11-6-4-3-5-7-11)21-19(27-17)22-10-20-12-8-14(23)15(24)9-13(12)22/h3-10,23-24H,2H2,1H3. The van der Waals surface area contributed by atoms with Crippen molar-refractivity contribution in [1.29, 1.82) is 0 Å². The Bertz CT molecular complexity index is 1130. The highest BCUT2D eigenvalue weighted by molar-refractivity contribution is 7.16. The predicted molar refractivity (Wildman–Crippen MR) is 101 cm³/mol. The van der Waals surface area contributed by atoms with Gasteiger partial charge < -0.3 is 14.9 Å². The molecule has 2 N–H and O–H groups in total. The smallest absolute Gasteiger partial charge is 0.350 e. The van der Waals surface area contributed by atoms with Crippen molar-refractivity contribution in [3.63, 3.8) is 0 Å². The Kier molecular flexibility index (Phi) is 4.25. The Balaban J connectivity index is 1.90. The van der Waals surface area contributed by atoms with Crippen LogP contribution in [0.15, 0.2) is 48.8 Å². The van der Waals surface area contributed by atoms with Gasteiger partial charge in [-0.2, -0.15) is 0 Å². The number of rotatable bonds is 4. The largest absolute Gasteiger partial charge is 0.504 e. The quantitative estimate of drug-likeness (QED) is 0.413. The van der Waals surface area contributed by atoms with Gasteiger partial charge in [-0.3, -0.25) is 4.57 Å². The highest BCUT2D eigenvalue weighted by atomic mass is 32.1. The van der Waals surface area contributed by atoms with Crippen molar-refractivity contribution in [3.8, 4) is 27.9 Å². The van der Waals surface area contributed by atoms with Crippen molar-refractivity contribution in [2.75, 3.05) is 6.61 Å². The van der Waals surface area contributed by atoms with Gasteiger partial charge in [-0.1, -0.05) is 41.7 Å². The lowest BCUT2D eigenvalue weighted by atomic mass is 10.1. The van der Waals surface area contributed by atoms with Gasteiger partial charge in [0.25, 0.3) is 0 Å². The molecule has 4 aromatic rings. The number of phenols is 2. The first kappa shape index (κ1) is 17.0. The summed E-state index contributed by atoms with van der Waals surface area (Å²) in [5.41, 5.74) is 2.39. The van der Waals surface area contributed by atoms with Crippen LogP contribution < -0.4 is 0 Å². The zero-order chi connectivity index (χ0) is 19.0. The summed E-state index contributed by atoms with van der Waals surface area (Å²) in [5, 5.41) is 20.0. The van der Waals surface area contributed by atoms with E-state index in [-0.39, 0.29) is 18.1 Å². The molecule has 2 heterocycles. The number of ether oxygens (including phenoxy) is 1. The number of aromatic nitrogens is 3. The molecule has 7 nitrogen and oxygen atoms in total. The van der Waals surface area contributed by atoms with Crippen LogP contribution in [0, 0.1) is 0 Å². The maximum atomic E-state index is 12.4. The minimum absolute atomic E-state index is 0.246. The van der Waals surface area contributed by atoms with Gasteiger partial charge >= 0.3 is 5.97 Å². The van der Waals surface area contributed by atoms with E-state index in [1.165, 1.54) is 29.8 Å². The fraction of sp³-hybridized carbons (Fsp3) is 0.105. The lowest BCUT2D eigenvalue weighted by Gasteiger charge is -2.01. The van der Waals surface area contributed by atoms with E-state index >= 15 is 0 Å². The van der Waals surface area contributed by atoms with Crippen molar-refractivity contribution >= 4 is 28.3 Å². The maximum Gasteiger partial charge on any atom is 0.350 e. The number of imidazole rings is 1. The molecule has 0 saturated heterocycles. The summed E-state index contributed by atoms with van der Waals surface area (Å²) >= 11 is 1.18. The molecule has 0 aliphatic rings. The zero-order valence-corrected chi connectivity index (χ0v) is 15.1. The van der Waals surface area contributed by atoms with Gasteiger partial charge in [0, 0.05) is 17.7 Å². The molecule has 2 aromatic heterocycles. The number of nitrogens with zero attached hydrogens (tertiary/aromatic N) is 3. The Morgan fingerprint density at radius 1 is 1.19 bits per heavy atom. The predicted octanol–water partition coefficient (Wildman–Crippen LogP) is 3.74. The summed E-state index contributed by atoms with van der Waals surface area (Å²) < 4.78 is 6.84. The second-order valence-corrected chi connectivity index (χ2v) is 6.68. The van der Waals surface area contributed by atoms with Gasteiger partial charge in [0.1, 0.15) is 11.2 Å². The molecule has 0 aliphatic carbocycles. The normalized spacial score (nSPS) is 11.0. The van der Waals surface area contributed by atoms with Crippen LogP contribution in [0.4, 0.5) is 0 Å². The lowest BCUT2D eigenvalue weighted by molar-refractivity contribution is 0.0532. The Morgan fingerprint density at radius 3 is 2.67 bits per heavy atom. The van der Waals surface area contributed by atoms with E-state index in [2.05, 4.69) is 9.97 Å². The van der Waals surface area contributed by atoms with Crippen molar-refractivity contribution in [2.45, 2.75) is 6.92 Å². The summed E-state index contributed by atoms with van der Waals surface area (Å²) in [6.45, 7) is 2.02. The third kappa shape index (κ3) is 3.00. The number of fused-ring (bicyclic) bond motifs is 1. The second-order valence-electron chi connectivity index (χ2n) is 5.70. The van der Waals surface area contributed by atoms with E-state index in [4.69, 9.17) is 4.74 Å². The number of carbonyl (C=O) groups excluding carboxylic acids is 1. The van der Waals surface area contributed by atoms with E-state index in [1.54, 1.807) is 11.5 Å². The molecule has 0 spiro atoms. The van der Waals surface area contributed by atoms with Crippen molar-refractivity contribution in [2.24, 2.45) is 0 Å². The van der Waals surface area contributed by atoms with Crippen LogP contribution in [-0.2, 0) is 4.74 Å². The molecule has 4 rings (SSSR count). The van der Waals surface area contributed by atoms with Crippen LogP contribution >= 0.6 is 11.3 Å². The fourth-order valence-corrected chi connectivity index (χ4v) is 3.69. The number of benzene rings is 2. The van der Waals surface area contributed by atoms with Gasteiger partial charge in [-0.05, 0) is 6.92 Å². The first-order valence-corrected chi connectivity index (χ1v) is 9.03. The van der Waals surface area contributed by atoms with Crippen molar-refractivity contribution < 1.29 is 19.7 Å². The maximum absolute atomic E-state index is 12.4. The lowest BCUT2D eigenvalue weighted by Crippen LogP contribution is -2.03. The molecule has 0 fully saturated rings. The minimum Gasteiger partial charge on any atom is -0.504 e. The number of esters is 1. The molecular formula is C19H15N3O4S. The second kappa shape index (κ2) is 6.73. The summed E-state index contributed by atoms with van der Waals surface area (Å²) in [5.74, 6) is -0.941. The highest BCUT2D eigenvalue weighted by Crippen LogP contribution is 2.35. The average molecular weight is 381 g/mol. The molecule has 8 heteroatoms. The zero-order valence-electron chi connectivity index (χ0n) is 14.3.